The van der Waals surface area contributed by atoms with Crippen molar-refractivity contribution in [3.8, 4) is 23.0 Å². The molecule has 1 aliphatic heterocycles. The van der Waals surface area contributed by atoms with Gasteiger partial charge in [-0.25, -0.2) is 0 Å². The summed E-state index contributed by atoms with van der Waals surface area (Å²) in [6, 6.07) is 11.1. The summed E-state index contributed by atoms with van der Waals surface area (Å²) >= 11 is 0. The number of aryl methyl sites for hydroxylation is 1. The lowest BCUT2D eigenvalue weighted by atomic mass is 10.0. The number of aromatic nitrogens is 1. The van der Waals surface area contributed by atoms with Crippen molar-refractivity contribution in [2.75, 3.05) is 40.4 Å². The molecule has 3 heterocycles. The van der Waals surface area contributed by atoms with E-state index >= 15 is 0 Å². The molecule has 202 valence electrons. The number of carbonyl (C=O) groups is 1. The van der Waals surface area contributed by atoms with Crippen molar-refractivity contribution < 1.29 is 23.4 Å². The highest BCUT2D eigenvalue weighted by Crippen LogP contribution is 2.55. The zero-order valence-electron chi connectivity index (χ0n) is 22.6. The molecule has 1 N–H and O–H groups in total. The van der Waals surface area contributed by atoms with Crippen molar-refractivity contribution in [1.29, 1.82) is 0 Å². The minimum Gasteiger partial charge on any atom is -0.493 e. The topological polar surface area (TPSA) is 86.1 Å². The summed E-state index contributed by atoms with van der Waals surface area (Å²) in [6.07, 6.45) is 5.22. The van der Waals surface area contributed by atoms with Gasteiger partial charge in [-0.15, -0.1) is 0 Å². The van der Waals surface area contributed by atoms with Crippen LogP contribution in [0, 0.1) is 12.3 Å². The molecular weight excluding hydrogens is 494 g/mol. The highest BCUT2D eigenvalue weighted by atomic mass is 16.5. The van der Waals surface area contributed by atoms with Crippen LogP contribution in [0.2, 0.25) is 0 Å². The fraction of sp³-hybridized carbons (Fsp3) is 0.355. The molecule has 2 aliphatic rings. The van der Waals surface area contributed by atoms with Crippen molar-refractivity contribution in [3.63, 3.8) is 0 Å². The van der Waals surface area contributed by atoms with E-state index in [9.17, 15) is 4.79 Å². The maximum atomic E-state index is 12.3. The number of methoxy groups -OCH3 is 1. The average molecular weight is 528 g/mol. The number of hydrogen-bond donors (Lipinski definition) is 1. The van der Waals surface area contributed by atoms with E-state index in [0.29, 0.717) is 51.9 Å². The number of fused-ring (bicyclic) bond motifs is 2. The molecule has 1 spiro atoms. The summed E-state index contributed by atoms with van der Waals surface area (Å²) in [4.78, 5) is 19.3. The fourth-order valence-corrected chi connectivity index (χ4v) is 5.61. The van der Waals surface area contributed by atoms with Gasteiger partial charge in [-0.3, -0.25) is 14.7 Å². The lowest BCUT2D eigenvalue weighted by molar-refractivity contribution is 0.0963. The third kappa shape index (κ3) is 4.69. The molecule has 4 aromatic rings. The van der Waals surface area contributed by atoms with Crippen LogP contribution in [0.5, 0.6) is 23.0 Å². The summed E-state index contributed by atoms with van der Waals surface area (Å²) in [5, 5.41) is 4.20. The average Bonchev–Trinajstić information content (AvgIpc) is 3.55. The lowest BCUT2D eigenvalue weighted by Crippen LogP contribution is -2.23. The van der Waals surface area contributed by atoms with Gasteiger partial charge in [0.25, 0.3) is 5.91 Å². The Bertz CT molecular complexity index is 1590. The van der Waals surface area contributed by atoms with Crippen LogP contribution >= 0.6 is 0 Å². The minimum atomic E-state index is -0.182. The molecule has 2 aromatic carbocycles. The van der Waals surface area contributed by atoms with E-state index in [0.717, 1.165) is 42.3 Å². The van der Waals surface area contributed by atoms with Gasteiger partial charge in [0.1, 0.15) is 22.8 Å². The molecule has 1 saturated heterocycles. The molecular formula is C31H33N3O5. The standard InChI is InChI=1S/C31H33N3O5/c1-19-17-34(18-31(19)9-10-31)12-5-13-37-28-16-24-23(15-27(28)36-4)25(8-11-33-24)39-21-6-7-22-26(14-21)38-20(2)29(22)30(35)32-3/h6-8,11,14-16H,1,5,9-10,12-13,17-18H2,2-4H3,(H,32,35). The Morgan fingerprint density at radius 3 is 2.74 bits per heavy atom. The molecule has 8 nitrogen and oxygen atoms in total. The van der Waals surface area contributed by atoms with Crippen molar-refractivity contribution in [2.24, 2.45) is 5.41 Å². The van der Waals surface area contributed by atoms with E-state index in [1.807, 2.05) is 30.3 Å². The number of likely N-dealkylation sites (tertiary alicyclic amines) is 1. The Hall–Kier alpha value is -4.04. The highest BCUT2D eigenvalue weighted by Gasteiger charge is 2.50. The predicted molar refractivity (Wildman–Crippen MR) is 150 cm³/mol. The Kier molecular flexibility index (Phi) is 6.43. The number of nitrogens with zero attached hydrogens (tertiary/aromatic N) is 2. The maximum absolute atomic E-state index is 12.3. The second-order valence-corrected chi connectivity index (χ2v) is 10.5. The number of benzene rings is 2. The molecule has 1 saturated carbocycles. The van der Waals surface area contributed by atoms with E-state index in [2.05, 4.69) is 21.8 Å². The normalized spacial score (nSPS) is 16.2. The second-order valence-electron chi connectivity index (χ2n) is 10.5. The molecule has 0 bridgehead atoms. The first-order valence-corrected chi connectivity index (χ1v) is 13.3. The summed E-state index contributed by atoms with van der Waals surface area (Å²) < 4.78 is 23.9. The van der Waals surface area contributed by atoms with Crippen molar-refractivity contribution in [3.05, 3.63) is 66.1 Å². The van der Waals surface area contributed by atoms with E-state index in [4.69, 9.17) is 18.6 Å². The van der Waals surface area contributed by atoms with E-state index in [1.54, 1.807) is 33.3 Å². The SMILES string of the molecule is C=C1CN(CCCOc2cc3nccc(Oc4ccc5c(C(=O)NC)c(C)oc5c4)c3cc2OC)CC12CC2. The minimum absolute atomic E-state index is 0.182. The summed E-state index contributed by atoms with van der Waals surface area (Å²) in [6.45, 7) is 9.79. The molecule has 2 fully saturated rings. The monoisotopic (exact) mass is 527 g/mol. The fourth-order valence-electron chi connectivity index (χ4n) is 5.61. The number of hydrogen-bond acceptors (Lipinski definition) is 7. The largest absolute Gasteiger partial charge is 0.493 e. The quantitative estimate of drug-likeness (QED) is 0.215. The van der Waals surface area contributed by atoms with E-state index in [-0.39, 0.29) is 5.91 Å². The van der Waals surface area contributed by atoms with Crippen LogP contribution in [-0.2, 0) is 0 Å². The predicted octanol–water partition coefficient (Wildman–Crippen LogP) is 5.87. The zero-order valence-corrected chi connectivity index (χ0v) is 22.6. The van der Waals surface area contributed by atoms with Gasteiger partial charge >= 0.3 is 0 Å². The number of amides is 1. The molecule has 8 heteroatoms. The lowest BCUT2D eigenvalue weighted by Gasteiger charge is -2.16. The van der Waals surface area contributed by atoms with Crippen LogP contribution in [-0.4, -0.2) is 56.2 Å². The molecule has 0 atom stereocenters. The first-order valence-electron chi connectivity index (χ1n) is 13.3. The van der Waals surface area contributed by atoms with E-state index in [1.165, 1.54) is 18.4 Å². The smallest absolute Gasteiger partial charge is 0.255 e. The second kappa shape index (κ2) is 9.93. The molecule has 1 amide bonds. The first-order chi connectivity index (χ1) is 18.9. The zero-order chi connectivity index (χ0) is 27.1. The third-order valence-electron chi connectivity index (χ3n) is 7.93. The van der Waals surface area contributed by atoms with Crippen molar-refractivity contribution >= 4 is 27.8 Å². The molecule has 6 rings (SSSR count). The van der Waals surface area contributed by atoms with Gasteiger partial charge < -0.3 is 23.9 Å². The number of furan rings is 1. The van der Waals surface area contributed by atoms with Gasteiger partial charge in [0, 0.05) is 61.2 Å². The van der Waals surface area contributed by atoms with Crippen LogP contribution in [0.3, 0.4) is 0 Å². The van der Waals surface area contributed by atoms with Gasteiger partial charge in [-0.1, -0.05) is 12.2 Å². The van der Waals surface area contributed by atoms with Gasteiger partial charge in [-0.05, 0) is 50.5 Å². The van der Waals surface area contributed by atoms with Crippen LogP contribution in [0.25, 0.3) is 21.9 Å². The number of pyridine rings is 1. The Morgan fingerprint density at radius 2 is 2.00 bits per heavy atom. The van der Waals surface area contributed by atoms with E-state index < -0.39 is 0 Å². The number of ether oxygens (including phenoxy) is 3. The Balaban J connectivity index is 1.17. The molecule has 39 heavy (non-hydrogen) atoms. The number of carbonyl (C=O) groups excluding carboxylic acids is 1. The van der Waals surface area contributed by atoms with Gasteiger partial charge in [0.2, 0.25) is 0 Å². The molecule has 2 aromatic heterocycles. The number of nitrogens with one attached hydrogen (secondary N) is 1. The van der Waals surface area contributed by atoms with Crippen LogP contribution in [0.1, 0.15) is 35.4 Å². The molecule has 0 radical (unpaired) electrons. The molecule has 1 aliphatic carbocycles. The van der Waals surface area contributed by atoms with Crippen molar-refractivity contribution in [2.45, 2.75) is 26.2 Å². The van der Waals surface area contributed by atoms with Crippen LogP contribution in [0.4, 0.5) is 0 Å². The van der Waals surface area contributed by atoms with Gasteiger partial charge in [0.05, 0.1) is 24.8 Å². The van der Waals surface area contributed by atoms with Gasteiger partial charge in [0.15, 0.2) is 11.5 Å². The third-order valence-corrected chi connectivity index (χ3v) is 7.93. The summed E-state index contributed by atoms with van der Waals surface area (Å²) in [7, 11) is 3.24. The number of rotatable bonds is 9. The highest BCUT2D eigenvalue weighted by molar-refractivity contribution is 6.07. The van der Waals surface area contributed by atoms with Crippen LogP contribution in [0.15, 0.2) is 59.2 Å². The summed E-state index contributed by atoms with van der Waals surface area (Å²) in [5.74, 6) is 2.88. The Morgan fingerprint density at radius 1 is 1.15 bits per heavy atom. The first kappa shape index (κ1) is 25.2. The van der Waals surface area contributed by atoms with Crippen molar-refractivity contribution in [1.82, 2.24) is 15.2 Å². The molecule has 0 unspecified atom stereocenters. The maximum Gasteiger partial charge on any atom is 0.255 e. The van der Waals surface area contributed by atoms with Crippen LogP contribution < -0.4 is 19.5 Å². The Labute approximate surface area is 227 Å². The van der Waals surface area contributed by atoms with Gasteiger partial charge in [-0.2, -0.15) is 0 Å². The summed E-state index contributed by atoms with van der Waals surface area (Å²) in [5.41, 5.74) is 3.68.